The molecule has 0 saturated carbocycles. The number of benzene rings is 3. The van der Waals surface area contributed by atoms with Gasteiger partial charge in [0.15, 0.2) is 11.0 Å². The number of ether oxygens (including phenoxy) is 1. The summed E-state index contributed by atoms with van der Waals surface area (Å²) in [6, 6.07) is 20.7. The van der Waals surface area contributed by atoms with E-state index >= 15 is 0 Å². The highest BCUT2D eigenvalue weighted by molar-refractivity contribution is 7.86. The van der Waals surface area contributed by atoms with E-state index in [0.717, 1.165) is 47.3 Å². The van der Waals surface area contributed by atoms with Crippen LogP contribution >= 0.6 is 22.9 Å². The van der Waals surface area contributed by atoms with Gasteiger partial charge < -0.3 is 20.1 Å². The van der Waals surface area contributed by atoms with E-state index in [-0.39, 0.29) is 0 Å². The zero-order valence-corrected chi connectivity index (χ0v) is 23.2. The quantitative estimate of drug-likeness (QED) is 0.194. The molecule has 1 aliphatic heterocycles. The zero-order valence-electron chi connectivity index (χ0n) is 20.8. The summed E-state index contributed by atoms with van der Waals surface area (Å²) >= 11 is 7.72. The number of nitrogens with zero attached hydrogens (tertiary/aromatic N) is 3. The largest absolute Gasteiger partial charge is 0.437 e. The third-order valence-corrected chi connectivity index (χ3v) is 8.81. The number of piperidine rings is 1. The summed E-state index contributed by atoms with van der Waals surface area (Å²) in [5.41, 5.74) is 3.19. The van der Waals surface area contributed by atoms with Crippen molar-refractivity contribution in [2.24, 2.45) is 0 Å². The molecule has 5 aromatic rings. The molecule has 1 aliphatic rings. The molecule has 0 radical (unpaired) electrons. The van der Waals surface area contributed by atoms with E-state index in [1.54, 1.807) is 23.8 Å². The normalized spacial score (nSPS) is 16.1. The lowest BCUT2D eigenvalue weighted by atomic mass is 10.1. The molecule has 1 saturated heterocycles. The Morgan fingerprint density at radius 2 is 1.90 bits per heavy atom. The summed E-state index contributed by atoms with van der Waals surface area (Å²) in [4.78, 5) is 15.0. The second-order valence-electron chi connectivity index (χ2n) is 9.00. The summed E-state index contributed by atoms with van der Waals surface area (Å²) < 4.78 is 22.5. The average Bonchev–Trinajstić information content (AvgIpc) is 3.43. The van der Waals surface area contributed by atoms with Crippen molar-refractivity contribution in [3.05, 3.63) is 83.5 Å². The van der Waals surface area contributed by atoms with Crippen LogP contribution in [0.5, 0.6) is 11.6 Å². The molecule has 2 aromatic heterocycles. The van der Waals surface area contributed by atoms with Gasteiger partial charge in [-0.3, -0.25) is 0 Å². The van der Waals surface area contributed by atoms with Crippen molar-refractivity contribution in [1.29, 1.82) is 0 Å². The number of halogens is 1. The van der Waals surface area contributed by atoms with Crippen LogP contribution in [0.4, 0.5) is 11.6 Å². The SMILES string of the molecule is O=S(Nc1cccc2c(Oc3ncsc3-c3ccnc(NC4CCCNC4)n3)cccc12)c1ccccc1Cl. The standard InChI is InChI=1S/C28H25ClN6O2S2/c29-21-9-1-2-12-25(21)39(36)35-22-10-3-8-20-19(22)7-4-11-24(20)37-27-26(38-17-32-27)23-13-15-31-28(34-23)33-18-6-5-14-30-16-18/h1-4,7-13,15,17-18,30,35H,5-6,14,16H2,(H,31,33,34). The van der Waals surface area contributed by atoms with Crippen LogP contribution in [0, 0.1) is 0 Å². The molecule has 8 nitrogen and oxygen atoms in total. The first-order valence-electron chi connectivity index (χ1n) is 12.5. The van der Waals surface area contributed by atoms with Gasteiger partial charge in [0.25, 0.3) is 0 Å². The van der Waals surface area contributed by atoms with Gasteiger partial charge >= 0.3 is 0 Å². The van der Waals surface area contributed by atoms with Crippen LogP contribution in [0.25, 0.3) is 21.3 Å². The van der Waals surface area contributed by atoms with Gasteiger partial charge in [0.05, 0.1) is 26.8 Å². The third-order valence-electron chi connectivity index (χ3n) is 6.38. The molecular weight excluding hydrogens is 552 g/mol. The smallest absolute Gasteiger partial charge is 0.239 e. The van der Waals surface area contributed by atoms with Crippen LogP contribution in [0.2, 0.25) is 5.02 Å². The lowest BCUT2D eigenvalue weighted by Crippen LogP contribution is -2.38. The maximum atomic E-state index is 13.0. The average molecular weight is 577 g/mol. The Morgan fingerprint density at radius 3 is 2.77 bits per heavy atom. The first kappa shape index (κ1) is 25.7. The predicted octanol–water partition coefficient (Wildman–Crippen LogP) is 6.50. The number of hydrogen-bond acceptors (Lipinski definition) is 8. The Balaban J connectivity index is 1.26. The molecule has 2 unspecified atom stereocenters. The maximum Gasteiger partial charge on any atom is 0.239 e. The molecule has 0 amide bonds. The molecule has 11 heteroatoms. The minimum atomic E-state index is -1.53. The molecule has 1 fully saturated rings. The topological polar surface area (TPSA) is 101 Å². The van der Waals surface area contributed by atoms with Gasteiger partial charge in [0, 0.05) is 29.6 Å². The van der Waals surface area contributed by atoms with Crippen LogP contribution in [0.3, 0.4) is 0 Å². The van der Waals surface area contributed by atoms with Gasteiger partial charge in [-0.1, -0.05) is 48.0 Å². The van der Waals surface area contributed by atoms with Gasteiger partial charge in [0.2, 0.25) is 11.8 Å². The van der Waals surface area contributed by atoms with Crippen LogP contribution in [0.15, 0.2) is 83.3 Å². The number of hydrogen-bond donors (Lipinski definition) is 3. The monoisotopic (exact) mass is 576 g/mol. The minimum Gasteiger partial charge on any atom is -0.437 e. The molecule has 39 heavy (non-hydrogen) atoms. The van der Waals surface area contributed by atoms with Crippen molar-refractivity contribution < 1.29 is 8.95 Å². The fraction of sp³-hybridized carbons (Fsp3) is 0.179. The first-order chi connectivity index (χ1) is 19.2. The van der Waals surface area contributed by atoms with Crippen LogP contribution < -0.4 is 20.1 Å². The molecule has 0 bridgehead atoms. The Kier molecular flexibility index (Phi) is 7.69. The molecular formula is C28H25ClN6O2S2. The lowest BCUT2D eigenvalue weighted by Gasteiger charge is -2.23. The highest BCUT2D eigenvalue weighted by atomic mass is 35.5. The molecule has 6 rings (SSSR count). The second-order valence-corrected chi connectivity index (χ2v) is 11.4. The minimum absolute atomic E-state index is 0.303. The van der Waals surface area contributed by atoms with Crippen LogP contribution in [-0.4, -0.2) is 38.3 Å². The van der Waals surface area contributed by atoms with Gasteiger partial charge in [-0.05, 0) is 49.7 Å². The number of nitrogens with one attached hydrogen (secondary N) is 3. The van der Waals surface area contributed by atoms with Crippen molar-refractivity contribution in [1.82, 2.24) is 20.3 Å². The van der Waals surface area contributed by atoms with Crippen molar-refractivity contribution in [2.75, 3.05) is 23.1 Å². The summed E-state index contributed by atoms with van der Waals surface area (Å²) in [7, 11) is -1.53. The van der Waals surface area contributed by atoms with Crippen LogP contribution in [-0.2, 0) is 11.0 Å². The van der Waals surface area contributed by atoms with E-state index in [4.69, 9.17) is 21.3 Å². The van der Waals surface area contributed by atoms with E-state index in [9.17, 15) is 4.21 Å². The number of rotatable bonds is 8. The Bertz CT molecular complexity index is 1640. The van der Waals surface area contributed by atoms with E-state index < -0.39 is 11.0 Å². The highest BCUT2D eigenvalue weighted by Gasteiger charge is 2.18. The van der Waals surface area contributed by atoms with Crippen molar-refractivity contribution >= 4 is 56.3 Å². The van der Waals surface area contributed by atoms with Crippen molar-refractivity contribution in [2.45, 2.75) is 23.8 Å². The van der Waals surface area contributed by atoms with Gasteiger partial charge in [-0.25, -0.2) is 19.2 Å². The maximum absolute atomic E-state index is 13.0. The Labute approximate surface area is 237 Å². The summed E-state index contributed by atoms with van der Waals surface area (Å²) in [6.45, 7) is 1.94. The second kappa shape index (κ2) is 11.7. The molecule has 3 heterocycles. The number of thiazole rings is 1. The number of fused-ring (bicyclic) bond motifs is 1. The van der Waals surface area contributed by atoms with Gasteiger partial charge in [-0.15, -0.1) is 11.3 Å². The number of aromatic nitrogens is 3. The molecule has 2 atom stereocenters. The van der Waals surface area contributed by atoms with E-state index in [1.165, 1.54) is 11.3 Å². The third kappa shape index (κ3) is 5.74. The highest BCUT2D eigenvalue weighted by Crippen LogP contribution is 2.39. The molecule has 0 aliphatic carbocycles. The first-order valence-corrected chi connectivity index (χ1v) is 14.9. The molecule has 198 valence electrons. The van der Waals surface area contributed by atoms with E-state index in [0.29, 0.717) is 39.2 Å². The molecule has 3 N–H and O–H groups in total. The number of anilines is 2. The lowest BCUT2D eigenvalue weighted by molar-refractivity contribution is 0.473. The summed E-state index contributed by atoms with van der Waals surface area (Å²) in [6.07, 6.45) is 3.96. The zero-order chi connectivity index (χ0) is 26.6. The fourth-order valence-electron chi connectivity index (χ4n) is 4.50. The summed E-state index contributed by atoms with van der Waals surface area (Å²) in [5.74, 6) is 1.69. The van der Waals surface area contributed by atoms with Gasteiger partial charge in [-0.2, -0.15) is 0 Å². The van der Waals surface area contributed by atoms with Crippen molar-refractivity contribution in [3.8, 4) is 22.2 Å². The fourth-order valence-corrected chi connectivity index (χ4v) is 6.47. The Hall–Kier alpha value is -3.57. The van der Waals surface area contributed by atoms with Gasteiger partial charge in [0.1, 0.15) is 10.6 Å². The molecule has 3 aromatic carbocycles. The van der Waals surface area contributed by atoms with E-state index in [1.807, 2.05) is 54.6 Å². The Morgan fingerprint density at radius 1 is 1.03 bits per heavy atom. The van der Waals surface area contributed by atoms with E-state index in [2.05, 4.69) is 25.3 Å². The van der Waals surface area contributed by atoms with Crippen molar-refractivity contribution in [3.63, 3.8) is 0 Å². The van der Waals surface area contributed by atoms with Crippen LogP contribution in [0.1, 0.15) is 12.8 Å². The predicted molar refractivity (Wildman–Crippen MR) is 158 cm³/mol. The molecule has 0 spiro atoms. The summed E-state index contributed by atoms with van der Waals surface area (Å²) in [5, 5.41) is 9.00.